The Morgan fingerprint density at radius 2 is 2.12 bits per heavy atom. The lowest BCUT2D eigenvalue weighted by Crippen LogP contribution is -2.39. The summed E-state index contributed by atoms with van der Waals surface area (Å²) in [5.74, 6) is -0.235. The van der Waals surface area contributed by atoms with Crippen LogP contribution < -0.4 is 5.32 Å². The largest absolute Gasteiger partial charge is 0.384 e. The van der Waals surface area contributed by atoms with Crippen LogP contribution in [-0.2, 0) is 4.74 Å². The Hall–Kier alpha value is -0.650. The van der Waals surface area contributed by atoms with Crippen molar-refractivity contribution in [2.24, 2.45) is 0 Å². The van der Waals surface area contributed by atoms with E-state index < -0.39 is 0 Å². The van der Waals surface area contributed by atoms with Crippen LogP contribution in [0.4, 0.5) is 10.1 Å². The van der Waals surface area contributed by atoms with Crippen LogP contribution in [0.5, 0.6) is 0 Å². The summed E-state index contributed by atoms with van der Waals surface area (Å²) in [4.78, 5) is 2.34. The van der Waals surface area contributed by atoms with Crippen LogP contribution in [0.25, 0.3) is 0 Å². The molecule has 94 valence electrons. The van der Waals surface area contributed by atoms with Crippen molar-refractivity contribution in [2.45, 2.75) is 0 Å². The molecule has 0 aromatic heterocycles. The van der Waals surface area contributed by atoms with E-state index in [0.717, 1.165) is 45.1 Å². The smallest absolute Gasteiger partial charge is 0.139 e. The maximum absolute atomic E-state index is 13.2. The summed E-state index contributed by atoms with van der Waals surface area (Å²) in [5, 5.41) is 3.22. The van der Waals surface area contributed by atoms with E-state index in [2.05, 4.69) is 26.1 Å². The number of hydrogen-bond acceptors (Lipinski definition) is 3. The maximum atomic E-state index is 13.2. The van der Waals surface area contributed by atoms with E-state index >= 15 is 0 Å². The van der Waals surface area contributed by atoms with Gasteiger partial charge in [0.1, 0.15) is 5.82 Å². The monoisotopic (exact) mass is 302 g/mol. The lowest BCUT2D eigenvalue weighted by atomic mass is 10.3. The lowest BCUT2D eigenvalue weighted by Gasteiger charge is -2.26. The molecular weight excluding hydrogens is 287 g/mol. The quantitative estimate of drug-likeness (QED) is 0.924. The van der Waals surface area contributed by atoms with E-state index in [-0.39, 0.29) is 5.82 Å². The third-order valence-electron chi connectivity index (χ3n) is 2.78. The molecule has 0 amide bonds. The molecule has 5 heteroatoms. The first-order valence-corrected chi connectivity index (χ1v) is 6.54. The molecule has 1 aromatic rings. The third kappa shape index (κ3) is 3.94. The Morgan fingerprint density at radius 1 is 1.35 bits per heavy atom. The molecule has 0 bridgehead atoms. The molecule has 0 unspecified atom stereocenters. The molecule has 0 aliphatic carbocycles. The minimum atomic E-state index is -0.235. The van der Waals surface area contributed by atoms with Crippen LogP contribution in [-0.4, -0.2) is 44.3 Å². The van der Waals surface area contributed by atoms with Gasteiger partial charge in [-0.15, -0.1) is 0 Å². The number of halogens is 2. The van der Waals surface area contributed by atoms with Crippen molar-refractivity contribution in [2.75, 3.05) is 44.7 Å². The van der Waals surface area contributed by atoms with Gasteiger partial charge in [-0.05, 0) is 34.1 Å². The van der Waals surface area contributed by atoms with E-state index in [9.17, 15) is 4.39 Å². The van der Waals surface area contributed by atoms with Gasteiger partial charge in [0.15, 0.2) is 0 Å². The Bertz CT molecular complexity index is 370. The highest BCUT2D eigenvalue weighted by Crippen LogP contribution is 2.19. The van der Waals surface area contributed by atoms with E-state index in [1.807, 2.05) is 6.07 Å². The summed E-state index contributed by atoms with van der Waals surface area (Å²) in [6.45, 7) is 5.37. The highest BCUT2D eigenvalue weighted by atomic mass is 79.9. The molecule has 1 fully saturated rings. The maximum Gasteiger partial charge on any atom is 0.139 e. The van der Waals surface area contributed by atoms with Gasteiger partial charge in [0.25, 0.3) is 0 Å². The summed E-state index contributed by atoms with van der Waals surface area (Å²) >= 11 is 3.14. The second kappa shape index (κ2) is 6.33. The third-order valence-corrected chi connectivity index (χ3v) is 3.42. The molecule has 1 N–H and O–H groups in total. The molecule has 1 aliphatic rings. The van der Waals surface area contributed by atoms with Gasteiger partial charge in [0.2, 0.25) is 0 Å². The van der Waals surface area contributed by atoms with Gasteiger partial charge in [-0.2, -0.15) is 0 Å². The Balaban J connectivity index is 1.75. The summed E-state index contributed by atoms with van der Waals surface area (Å²) in [6, 6.07) is 5.09. The second-order valence-corrected chi connectivity index (χ2v) is 4.86. The topological polar surface area (TPSA) is 24.5 Å². The molecule has 2 rings (SSSR count). The number of ether oxygens (including phenoxy) is 1. The number of anilines is 1. The first kappa shape index (κ1) is 12.8. The first-order valence-electron chi connectivity index (χ1n) is 5.75. The van der Waals surface area contributed by atoms with Crippen molar-refractivity contribution in [1.82, 2.24) is 4.90 Å². The summed E-state index contributed by atoms with van der Waals surface area (Å²) in [5.41, 5.74) is 0.818. The highest BCUT2D eigenvalue weighted by molar-refractivity contribution is 9.10. The zero-order valence-corrected chi connectivity index (χ0v) is 11.2. The van der Waals surface area contributed by atoms with Gasteiger partial charge in [-0.3, -0.25) is 4.90 Å². The van der Waals surface area contributed by atoms with Gasteiger partial charge in [-0.1, -0.05) is 0 Å². The molecule has 0 radical (unpaired) electrons. The van der Waals surface area contributed by atoms with Crippen molar-refractivity contribution in [1.29, 1.82) is 0 Å². The Labute approximate surface area is 109 Å². The molecule has 1 aliphatic heterocycles. The van der Waals surface area contributed by atoms with E-state index in [0.29, 0.717) is 4.47 Å². The zero-order chi connectivity index (χ0) is 12.1. The molecular formula is C12H16BrFN2O. The fourth-order valence-electron chi connectivity index (χ4n) is 1.79. The number of morpholine rings is 1. The zero-order valence-electron chi connectivity index (χ0n) is 9.59. The molecule has 3 nitrogen and oxygen atoms in total. The van der Waals surface area contributed by atoms with Gasteiger partial charge < -0.3 is 10.1 Å². The van der Waals surface area contributed by atoms with Crippen molar-refractivity contribution in [3.05, 3.63) is 28.5 Å². The standard InChI is InChI=1S/C12H16BrFN2O/c13-11-2-1-10(9-12(11)14)15-3-4-16-5-7-17-8-6-16/h1-2,9,15H,3-8H2. The fraction of sp³-hybridized carbons (Fsp3) is 0.500. The number of nitrogens with one attached hydrogen (secondary N) is 1. The van der Waals surface area contributed by atoms with Gasteiger partial charge >= 0.3 is 0 Å². The number of hydrogen-bond donors (Lipinski definition) is 1. The molecule has 1 saturated heterocycles. The van der Waals surface area contributed by atoms with Crippen LogP contribution in [0, 0.1) is 5.82 Å². The average molecular weight is 303 g/mol. The van der Waals surface area contributed by atoms with Crippen molar-refractivity contribution >= 4 is 21.6 Å². The van der Waals surface area contributed by atoms with Gasteiger partial charge in [-0.25, -0.2) is 4.39 Å². The first-order chi connectivity index (χ1) is 8.25. The summed E-state index contributed by atoms with van der Waals surface area (Å²) in [7, 11) is 0. The summed E-state index contributed by atoms with van der Waals surface area (Å²) in [6.07, 6.45) is 0. The molecule has 1 heterocycles. The molecule has 0 atom stereocenters. The van der Waals surface area contributed by atoms with Crippen LogP contribution in [0.3, 0.4) is 0 Å². The fourth-order valence-corrected chi connectivity index (χ4v) is 2.04. The van der Waals surface area contributed by atoms with Crippen LogP contribution in [0.1, 0.15) is 0 Å². The Kier molecular flexibility index (Phi) is 4.76. The predicted octanol–water partition coefficient (Wildman–Crippen LogP) is 2.33. The van der Waals surface area contributed by atoms with Crippen LogP contribution in [0.2, 0.25) is 0 Å². The van der Waals surface area contributed by atoms with Gasteiger partial charge in [0, 0.05) is 31.9 Å². The van der Waals surface area contributed by atoms with Crippen molar-refractivity contribution in [3.8, 4) is 0 Å². The van der Waals surface area contributed by atoms with E-state index in [1.165, 1.54) is 6.07 Å². The van der Waals surface area contributed by atoms with Crippen LogP contribution >= 0.6 is 15.9 Å². The number of rotatable bonds is 4. The Morgan fingerprint density at radius 3 is 2.82 bits per heavy atom. The minimum Gasteiger partial charge on any atom is -0.384 e. The van der Waals surface area contributed by atoms with E-state index in [1.54, 1.807) is 6.07 Å². The van der Waals surface area contributed by atoms with Crippen molar-refractivity contribution < 1.29 is 9.13 Å². The van der Waals surface area contributed by atoms with E-state index in [4.69, 9.17) is 4.74 Å². The summed E-state index contributed by atoms with van der Waals surface area (Å²) < 4.78 is 19.0. The lowest BCUT2D eigenvalue weighted by molar-refractivity contribution is 0.0398. The number of nitrogens with zero attached hydrogens (tertiary/aromatic N) is 1. The average Bonchev–Trinajstić information content (AvgIpc) is 2.35. The molecule has 17 heavy (non-hydrogen) atoms. The molecule has 1 aromatic carbocycles. The highest BCUT2D eigenvalue weighted by Gasteiger charge is 2.09. The minimum absolute atomic E-state index is 0.235. The van der Waals surface area contributed by atoms with Crippen LogP contribution in [0.15, 0.2) is 22.7 Å². The molecule has 0 saturated carbocycles. The molecule has 0 spiro atoms. The number of benzene rings is 1. The normalized spacial score (nSPS) is 17.1. The van der Waals surface area contributed by atoms with Crippen molar-refractivity contribution in [3.63, 3.8) is 0 Å². The predicted molar refractivity (Wildman–Crippen MR) is 69.8 cm³/mol. The van der Waals surface area contributed by atoms with Gasteiger partial charge in [0.05, 0.1) is 17.7 Å². The second-order valence-electron chi connectivity index (χ2n) is 4.01. The SMILES string of the molecule is Fc1cc(NCCN2CCOCC2)ccc1Br.